The number of fused-ring (bicyclic) bond motifs is 3. The van der Waals surface area contributed by atoms with Crippen LogP contribution in [0.25, 0.3) is 6.08 Å². The van der Waals surface area contributed by atoms with E-state index in [1.807, 2.05) is 30.3 Å². The van der Waals surface area contributed by atoms with Gasteiger partial charge in [-0.05, 0) is 63.3 Å². The lowest BCUT2D eigenvalue weighted by Gasteiger charge is -2.19. The predicted molar refractivity (Wildman–Crippen MR) is 97.7 cm³/mol. The van der Waals surface area contributed by atoms with E-state index in [1.165, 1.54) is 5.57 Å². The first-order valence-electron chi connectivity index (χ1n) is 9.08. The molecule has 0 unspecified atom stereocenters. The lowest BCUT2D eigenvalue weighted by Crippen LogP contribution is -2.28. The third kappa shape index (κ3) is 3.11. The Hall–Kier alpha value is -2.07. The van der Waals surface area contributed by atoms with Crippen molar-refractivity contribution in [1.29, 1.82) is 0 Å². The largest absolute Gasteiger partial charge is 0.455 e. The fraction of sp³-hybridized carbons (Fsp3) is 0.476. The summed E-state index contributed by atoms with van der Waals surface area (Å²) in [6.45, 7) is 4.31. The summed E-state index contributed by atoms with van der Waals surface area (Å²) in [4.78, 5) is 12.6. The molecule has 3 aliphatic rings. The van der Waals surface area contributed by atoms with Crippen molar-refractivity contribution in [2.75, 3.05) is 5.73 Å². The molecule has 4 atom stereocenters. The molecule has 2 fully saturated rings. The number of anilines is 1. The average molecular weight is 339 g/mol. The van der Waals surface area contributed by atoms with Gasteiger partial charge in [-0.25, -0.2) is 4.79 Å². The fourth-order valence-electron chi connectivity index (χ4n) is 4.09. The molecule has 1 aliphatic carbocycles. The van der Waals surface area contributed by atoms with Gasteiger partial charge in [0.05, 0.1) is 5.60 Å². The molecule has 132 valence electrons. The standard InChI is InChI=1S/C21H25NO3/c1-13-4-3-11-21(2)19(25-21)18-16(10-5-13)17(20(23)24-18)12-14-6-8-15(22)9-7-14/h4,6-9,12,16,18-19H,3,5,10-11,22H2,1-2H3/b13-4-,17-12-/t16-,18-,19-,21+/m0/s1. The van der Waals surface area contributed by atoms with E-state index in [9.17, 15) is 4.79 Å². The van der Waals surface area contributed by atoms with Crippen LogP contribution in [0, 0.1) is 5.92 Å². The molecule has 1 aromatic carbocycles. The van der Waals surface area contributed by atoms with E-state index in [-0.39, 0.29) is 29.7 Å². The van der Waals surface area contributed by atoms with Crippen molar-refractivity contribution in [3.63, 3.8) is 0 Å². The second-order valence-electron chi connectivity index (χ2n) is 7.72. The van der Waals surface area contributed by atoms with E-state index in [0.29, 0.717) is 0 Å². The lowest BCUT2D eigenvalue weighted by atomic mass is 9.83. The van der Waals surface area contributed by atoms with Crippen molar-refractivity contribution in [2.24, 2.45) is 5.92 Å². The maximum absolute atomic E-state index is 12.6. The molecule has 0 amide bonds. The Kier molecular flexibility index (Phi) is 3.95. The summed E-state index contributed by atoms with van der Waals surface area (Å²) in [6, 6.07) is 7.58. The molecule has 0 saturated carbocycles. The number of carbonyl (C=O) groups excluding carboxylic acids is 1. The van der Waals surface area contributed by atoms with E-state index < -0.39 is 0 Å². The molecular weight excluding hydrogens is 314 g/mol. The van der Waals surface area contributed by atoms with Gasteiger partial charge in [0.1, 0.15) is 12.2 Å². The van der Waals surface area contributed by atoms with E-state index in [4.69, 9.17) is 15.2 Å². The zero-order valence-corrected chi connectivity index (χ0v) is 14.8. The minimum Gasteiger partial charge on any atom is -0.455 e. The molecule has 2 aliphatic heterocycles. The number of allylic oxidation sites excluding steroid dienone is 2. The Balaban J connectivity index is 1.67. The molecule has 0 radical (unpaired) electrons. The van der Waals surface area contributed by atoms with Gasteiger partial charge in [-0.15, -0.1) is 0 Å². The third-order valence-electron chi connectivity index (χ3n) is 5.76. The summed E-state index contributed by atoms with van der Waals surface area (Å²) in [5, 5.41) is 0. The topological polar surface area (TPSA) is 64.8 Å². The predicted octanol–water partition coefficient (Wildman–Crippen LogP) is 3.87. The molecule has 4 rings (SSSR count). The number of hydrogen-bond acceptors (Lipinski definition) is 4. The normalized spacial score (nSPS) is 38.3. The van der Waals surface area contributed by atoms with Crippen LogP contribution in [0.3, 0.4) is 0 Å². The van der Waals surface area contributed by atoms with Gasteiger partial charge in [-0.1, -0.05) is 23.8 Å². The number of benzene rings is 1. The van der Waals surface area contributed by atoms with Crippen LogP contribution in [0.15, 0.2) is 41.5 Å². The molecule has 0 spiro atoms. The Morgan fingerprint density at radius 3 is 2.80 bits per heavy atom. The molecular formula is C21H25NO3. The van der Waals surface area contributed by atoms with Crippen LogP contribution < -0.4 is 5.73 Å². The zero-order valence-electron chi connectivity index (χ0n) is 14.8. The van der Waals surface area contributed by atoms with Crippen LogP contribution in [-0.4, -0.2) is 23.8 Å². The Morgan fingerprint density at radius 1 is 1.28 bits per heavy atom. The minimum atomic E-state index is -0.203. The van der Waals surface area contributed by atoms with E-state index >= 15 is 0 Å². The number of hydrogen-bond donors (Lipinski definition) is 1. The number of epoxide rings is 1. The molecule has 4 heteroatoms. The summed E-state index contributed by atoms with van der Waals surface area (Å²) >= 11 is 0. The molecule has 2 N–H and O–H groups in total. The van der Waals surface area contributed by atoms with Gasteiger partial charge in [0.15, 0.2) is 0 Å². The number of ether oxygens (including phenoxy) is 2. The molecule has 0 aromatic heterocycles. The Labute approximate surface area is 148 Å². The van der Waals surface area contributed by atoms with Crippen molar-refractivity contribution in [3.8, 4) is 0 Å². The highest BCUT2D eigenvalue weighted by molar-refractivity contribution is 5.96. The first-order valence-corrected chi connectivity index (χ1v) is 9.08. The summed E-state index contributed by atoms with van der Waals surface area (Å²) in [7, 11) is 0. The molecule has 1 aromatic rings. The Morgan fingerprint density at radius 2 is 2.04 bits per heavy atom. The first-order chi connectivity index (χ1) is 12.0. The van der Waals surface area contributed by atoms with Gasteiger partial charge in [0.25, 0.3) is 0 Å². The number of nitrogens with two attached hydrogens (primary N) is 1. The number of rotatable bonds is 1. The molecule has 2 saturated heterocycles. The molecule has 4 nitrogen and oxygen atoms in total. The smallest absolute Gasteiger partial charge is 0.334 e. The first kappa shape index (κ1) is 16.4. The molecule has 0 bridgehead atoms. The summed E-state index contributed by atoms with van der Waals surface area (Å²) in [6.07, 6.45) is 8.03. The summed E-state index contributed by atoms with van der Waals surface area (Å²) in [5.74, 6) is -0.121. The highest BCUT2D eigenvalue weighted by Crippen LogP contribution is 2.50. The van der Waals surface area contributed by atoms with Crippen molar-refractivity contribution in [1.82, 2.24) is 0 Å². The SMILES string of the molecule is C/C1=C/CC[C@@]2(C)O[C@H]2[C@H]2OC(=O)/C(=C\c3ccc(N)cc3)[C@@H]2CC1. The highest BCUT2D eigenvalue weighted by Gasteiger charge is 2.61. The van der Waals surface area contributed by atoms with E-state index in [1.54, 1.807) is 0 Å². The van der Waals surface area contributed by atoms with Crippen LogP contribution in [-0.2, 0) is 14.3 Å². The number of carbonyl (C=O) groups is 1. The van der Waals surface area contributed by atoms with Crippen molar-refractivity contribution < 1.29 is 14.3 Å². The number of nitrogen functional groups attached to an aromatic ring is 1. The van der Waals surface area contributed by atoms with Crippen LogP contribution in [0.2, 0.25) is 0 Å². The van der Waals surface area contributed by atoms with Gasteiger partial charge in [-0.3, -0.25) is 0 Å². The summed E-state index contributed by atoms with van der Waals surface area (Å²) < 4.78 is 11.8. The van der Waals surface area contributed by atoms with Crippen molar-refractivity contribution in [3.05, 3.63) is 47.1 Å². The number of esters is 1. The van der Waals surface area contributed by atoms with E-state index in [0.717, 1.165) is 42.5 Å². The fourth-order valence-corrected chi connectivity index (χ4v) is 4.09. The van der Waals surface area contributed by atoms with Gasteiger partial charge in [-0.2, -0.15) is 0 Å². The van der Waals surface area contributed by atoms with Gasteiger partial charge in [0.2, 0.25) is 0 Å². The third-order valence-corrected chi connectivity index (χ3v) is 5.76. The molecule has 2 heterocycles. The highest BCUT2D eigenvalue weighted by atomic mass is 16.6. The van der Waals surface area contributed by atoms with Gasteiger partial charge >= 0.3 is 5.97 Å². The average Bonchev–Trinajstić information content (AvgIpc) is 3.15. The van der Waals surface area contributed by atoms with Crippen LogP contribution in [0.5, 0.6) is 0 Å². The molecule has 25 heavy (non-hydrogen) atoms. The summed E-state index contributed by atoms with van der Waals surface area (Å²) in [5.41, 5.74) is 9.44. The quantitative estimate of drug-likeness (QED) is 0.277. The van der Waals surface area contributed by atoms with E-state index in [2.05, 4.69) is 19.9 Å². The zero-order chi connectivity index (χ0) is 17.6. The van der Waals surface area contributed by atoms with Gasteiger partial charge in [0, 0.05) is 17.2 Å². The van der Waals surface area contributed by atoms with Crippen LogP contribution in [0.4, 0.5) is 5.69 Å². The Bertz CT molecular complexity index is 749. The second kappa shape index (κ2) is 6.03. The monoisotopic (exact) mass is 339 g/mol. The van der Waals surface area contributed by atoms with Crippen molar-refractivity contribution in [2.45, 2.75) is 57.3 Å². The maximum atomic E-state index is 12.6. The minimum absolute atomic E-state index is 0.0190. The van der Waals surface area contributed by atoms with Crippen LogP contribution in [0.1, 0.15) is 45.1 Å². The second-order valence-corrected chi connectivity index (χ2v) is 7.72. The maximum Gasteiger partial charge on any atom is 0.334 e. The lowest BCUT2D eigenvalue weighted by molar-refractivity contribution is -0.139. The van der Waals surface area contributed by atoms with Gasteiger partial charge < -0.3 is 15.2 Å². The van der Waals surface area contributed by atoms with Crippen molar-refractivity contribution >= 4 is 17.7 Å². The van der Waals surface area contributed by atoms with Crippen LogP contribution >= 0.6 is 0 Å².